The lowest BCUT2D eigenvalue weighted by Gasteiger charge is -2.19. The Morgan fingerprint density at radius 3 is 1.84 bits per heavy atom. The van der Waals surface area contributed by atoms with Crippen molar-refractivity contribution >= 4 is 54.3 Å². The van der Waals surface area contributed by atoms with Gasteiger partial charge in [-0.05, 0) is 101 Å². The molecule has 0 bridgehead atoms. The van der Waals surface area contributed by atoms with Gasteiger partial charge in [0.25, 0.3) is 0 Å². The summed E-state index contributed by atoms with van der Waals surface area (Å²) in [5.41, 5.74) is 0.505. The van der Waals surface area contributed by atoms with Crippen LogP contribution in [-0.2, 0) is 0 Å². The number of benzene rings is 9. The Hall–Kier alpha value is -6.44. The first-order valence-electron chi connectivity index (χ1n) is 24.4. The van der Waals surface area contributed by atoms with Crippen LogP contribution in [0.5, 0.6) is 0 Å². The van der Waals surface area contributed by atoms with E-state index >= 15 is 0 Å². The van der Waals surface area contributed by atoms with E-state index in [0.717, 1.165) is 0 Å². The first kappa shape index (κ1) is 15.2. The van der Waals surface area contributed by atoms with Crippen molar-refractivity contribution in [2.45, 2.75) is 0 Å². The Kier molecular flexibility index (Phi) is 3.43. The molecule has 0 saturated heterocycles. The number of rotatable bonds is 4. The molecule has 0 aliphatic carbocycles. The van der Waals surface area contributed by atoms with Gasteiger partial charge in [0.2, 0.25) is 0 Å². The maximum absolute atomic E-state index is 9.61. The smallest absolute Gasteiger partial charge is 0.136 e. The Balaban J connectivity index is 1.33. The van der Waals surface area contributed by atoms with Crippen molar-refractivity contribution in [2.75, 3.05) is 0 Å². The van der Waals surface area contributed by atoms with Gasteiger partial charge in [-0.3, -0.25) is 0 Å². The topological polar surface area (TPSA) is 13.1 Å². The molecule has 0 spiro atoms. The van der Waals surface area contributed by atoms with Gasteiger partial charge in [0.15, 0.2) is 0 Å². The van der Waals surface area contributed by atoms with Crippen molar-refractivity contribution in [2.24, 2.45) is 0 Å². The van der Waals surface area contributed by atoms with Crippen LogP contribution in [0.3, 0.4) is 0 Å². The van der Waals surface area contributed by atoms with Crippen molar-refractivity contribution in [3.05, 3.63) is 182 Å². The van der Waals surface area contributed by atoms with E-state index in [1.54, 1.807) is 54.6 Å². The van der Waals surface area contributed by atoms with Gasteiger partial charge in [-0.1, -0.05) is 157 Å². The van der Waals surface area contributed by atoms with Crippen molar-refractivity contribution in [3.63, 3.8) is 0 Å². The fraction of sp³-hybridized carbons (Fsp3) is 0. The van der Waals surface area contributed by atoms with Gasteiger partial charge in [0.1, 0.15) is 11.2 Å². The highest BCUT2D eigenvalue weighted by Crippen LogP contribution is 2.47. The lowest BCUT2D eigenvalue weighted by molar-refractivity contribution is 0.669. The van der Waals surface area contributed by atoms with Gasteiger partial charge in [-0.2, -0.15) is 0 Å². The van der Waals surface area contributed by atoms with Crippen LogP contribution in [0.2, 0.25) is 0 Å². The molecule has 10 aromatic rings. The van der Waals surface area contributed by atoms with Gasteiger partial charge in [-0.25, -0.2) is 0 Å². The molecular formula is C48H30O. The van der Waals surface area contributed by atoms with Crippen LogP contribution in [0, 0.1) is 0 Å². The lowest BCUT2D eigenvalue weighted by Crippen LogP contribution is -1.92. The highest BCUT2D eigenvalue weighted by atomic mass is 16.3. The molecule has 0 fully saturated rings. The minimum absolute atomic E-state index is 0.0263. The van der Waals surface area contributed by atoms with Gasteiger partial charge >= 0.3 is 0 Å². The second-order valence-electron chi connectivity index (χ2n) is 11.4. The summed E-state index contributed by atoms with van der Waals surface area (Å²) in [6, 6.07) is 11.0. The van der Waals surface area contributed by atoms with E-state index in [4.69, 9.17) is 26.3 Å². The van der Waals surface area contributed by atoms with E-state index in [1.807, 2.05) is 18.2 Å². The third-order valence-electron chi connectivity index (χ3n) is 8.76. The predicted octanol–water partition coefficient (Wildman–Crippen LogP) is 13.7. The van der Waals surface area contributed by atoms with Gasteiger partial charge in [0.05, 0.1) is 24.7 Å². The molecule has 0 aliphatic rings. The lowest BCUT2D eigenvalue weighted by atomic mass is 9.84. The van der Waals surface area contributed by atoms with E-state index < -0.39 is 120 Å². The number of hydrogen-bond donors (Lipinski definition) is 0. The molecule has 0 N–H and O–H groups in total. The second-order valence-corrected chi connectivity index (χ2v) is 11.4. The Morgan fingerprint density at radius 2 is 1.04 bits per heavy atom. The van der Waals surface area contributed by atoms with Crippen LogP contribution >= 0.6 is 0 Å². The quantitative estimate of drug-likeness (QED) is 0.174. The molecule has 0 aliphatic heterocycles. The summed E-state index contributed by atoms with van der Waals surface area (Å²) < 4.78 is 164. The zero-order valence-corrected chi connectivity index (χ0v) is 25.3. The zero-order chi connectivity index (χ0) is 48.0. The van der Waals surface area contributed by atoms with Crippen molar-refractivity contribution in [1.82, 2.24) is 0 Å². The SMILES string of the molecule is [2H]c1c([2H])c([2H])c(-c2c([2H])c([2H])c3oc4c([2H])c([2H])c([2H])c(-c5c6ccccc6c(-c6cccc(-c7c([2H])c([2H])c([2H])c8c([2H])c([2H])c([2H])c([2H])c78)c6)c6ccccc56)c4c3c2[2H])c([2H])c1[2H]. The first-order valence-corrected chi connectivity index (χ1v) is 15.4. The average Bonchev–Trinajstić information content (AvgIpc) is 3.73. The summed E-state index contributed by atoms with van der Waals surface area (Å²) in [7, 11) is 0. The maximum Gasteiger partial charge on any atom is 0.136 e. The summed E-state index contributed by atoms with van der Waals surface area (Å²) in [6.07, 6.45) is 0. The Bertz CT molecular complexity index is 3820. The highest BCUT2D eigenvalue weighted by molar-refractivity contribution is 6.26. The number of furan rings is 1. The van der Waals surface area contributed by atoms with Crippen LogP contribution in [0.25, 0.3) is 98.8 Å². The summed E-state index contributed by atoms with van der Waals surface area (Å²) in [5, 5.41) is 1.82. The fourth-order valence-electron chi connectivity index (χ4n) is 6.71. The van der Waals surface area contributed by atoms with Crippen molar-refractivity contribution < 1.29 is 29.1 Å². The highest BCUT2D eigenvalue weighted by Gasteiger charge is 2.21. The molecule has 0 amide bonds. The van der Waals surface area contributed by atoms with Crippen LogP contribution in [0.4, 0.5) is 0 Å². The number of hydrogen-bond acceptors (Lipinski definition) is 1. The van der Waals surface area contributed by atoms with E-state index in [9.17, 15) is 2.74 Å². The van der Waals surface area contributed by atoms with Crippen LogP contribution in [0.1, 0.15) is 24.7 Å². The normalized spacial score (nSPS) is 16.8. The molecule has 0 saturated carbocycles. The van der Waals surface area contributed by atoms with Crippen molar-refractivity contribution in [1.29, 1.82) is 0 Å². The fourth-order valence-corrected chi connectivity index (χ4v) is 6.71. The Labute approximate surface area is 309 Å². The van der Waals surface area contributed by atoms with Crippen LogP contribution < -0.4 is 0 Å². The standard InChI is InChI=1S/C48H30O/c1-2-13-31(14-3-1)33-27-28-44-43(30-33)48-42(25-12-26-45(48)49-44)47-40-22-8-6-20-38(40)46(39-21-7-9-23-41(39)47)35-18-10-17-34(29-35)37-24-11-16-32-15-4-5-19-36(32)37/h1-30H/i1D,2D,3D,4D,5D,11D,12D,13D,14D,15D,16D,19D,24D,25D,26D,27D,28D,30D. The van der Waals surface area contributed by atoms with Crippen LogP contribution in [-0.4, -0.2) is 0 Å². The molecule has 49 heavy (non-hydrogen) atoms. The Morgan fingerprint density at radius 1 is 0.388 bits per heavy atom. The largest absolute Gasteiger partial charge is 0.456 e. The van der Waals surface area contributed by atoms with E-state index in [-0.39, 0.29) is 43.8 Å². The third-order valence-corrected chi connectivity index (χ3v) is 8.76. The predicted molar refractivity (Wildman–Crippen MR) is 208 cm³/mol. The summed E-state index contributed by atoms with van der Waals surface area (Å²) in [4.78, 5) is 0. The first-order chi connectivity index (χ1) is 31.8. The number of fused-ring (bicyclic) bond motifs is 6. The molecule has 0 atom stereocenters. The summed E-state index contributed by atoms with van der Waals surface area (Å²) >= 11 is 0. The second kappa shape index (κ2) is 11.1. The minimum Gasteiger partial charge on any atom is -0.456 e. The molecule has 1 heterocycles. The van der Waals surface area contributed by atoms with E-state index in [2.05, 4.69) is 0 Å². The van der Waals surface area contributed by atoms with E-state index in [0.29, 0.717) is 43.8 Å². The molecule has 1 nitrogen and oxygen atoms in total. The third kappa shape index (κ3) is 4.40. The molecule has 228 valence electrons. The molecule has 1 heteroatoms. The molecule has 1 aromatic heterocycles. The molecule has 9 aromatic carbocycles. The monoisotopic (exact) mass is 640 g/mol. The van der Waals surface area contributed by atoms with Crippen LogP contribution in [0.15, 0.2) is 186 Å². The molecule has 0 radical (unpaired) electrons. The summed E-state index contributed by atoms with van der Waals surface area (Å²) in [5.74, 6) is 0. The zero-order valence-electron chi connectivity index (χ0n) is 43.3. The molecular weight excluding hydrogens is 593 g/mol. The van der Waals surface area contributed by atoms with E-state index in [1.165, 1.54) is 0 Å². The minimum atomic E-state index is -0.711. The van der Waals surface area contributed by atoms with Crippen molar-refractivity contribution in [3.8, 4) is 44.5 Å². The maximum atomic E-state index is 9.61. The van der Waals surface area contributed by atoms with Gasteiger partial charge < -0.3 is 4.42 Å². The molecule has 0 unspecified atom stereocenters. The summed E-state index contributed by atoms with van der Waals surface area (Å²) in [6.45, 7) is 0. The average molecular weight is 641 g/mol. The molecule has 10 rings (SSSR count). The van der Waals surface area contributed by atoms with Gasteiger partial charge in [-0.15, -0.1) is 0 Å². The van der Waals surface area contributed by atoms with Gasteiger partial charge in [0, 0.05) is 10.8 Å².